The zero-order valence-electron chi connectivity index (χ0n) is 11.4. The molecule has 0 bridgehead atoms. The fourth-order valence-corrected chi connectivity index (χ4v) is 1.72. The Bertz CT molecular complexity index is 379. The third kappa shape index (κ3) is 5.96. The normalized spacial score (nSPS) is 11.1. The highest BCUT2D eigenvalue weighted by Crippen LogP contribution is 2.19. The zero-order chi connectivity index (χ0) is 13.6. The molecule has 0 amide bonds. The molecule has 0 heterocycles. The second kappa shape index (κ2) is 6.69. The van der Waals surface area contributed by atoms with Gasteiger partial charge in [0.1, 0.15) is 11.4 Å². The third-order valence-corrected chi connectivity index (χ3v) is 2.80. The van der Waals surface area contributed by atoms with E-state index in [0.717, 1.165) is 5.75 Å². The summed E-state index contributed by atoms with van der Waals surface area (Å²) in [5.41, 5.74) is -0.433. The number of benzene rings is 1. The average Bonchev–Trinajstić information content (AvgIpc) is 2.27. The summed E-state index contributed by atoms with van der Waals surface area (Å²) in [5.74, 6) is 0.541. The minimum atomic E-state index is -0.433. The van der Waals surface area contributed by atoms with E-state index in [2.05, 4.69) is 0 Å². The van der Waals surface area contributed by atoms with Crippen LogP contribution in [0.2, 0.25) is 0 Å². The van der Waals surface area contributed by atoms with Crippen molar-refractivity contribution < 1.29 is 14.3 Å². The van der Waals surface area contributed by atoms with Crippen LogP contribution < -0.4 is 4.74 Å². The highest BCUT2D eigenvalue weighted by atomic mass is 32.2. The summed E-state index contributed by atoms with van der Waals surface area (Å²) in [7, 11) is 0. The van der Waals surface area contributed by atoms with Crippen molar-refractivity contribution in [2.24, 2.45) is 0 Å². The maximum absolute atomic E-state index is 11.4. The monoisotopic (exact) mass is 268 g/mol. The molecule has 1 aromatic rings. The summed E-state index contributed by atoms with van der Waals surface area (Å²) < 4.78 is 10.7. The van der Waals surface area contributed by atoms with Crippen LogP contribution in [0.5, 0.6) is 5.75 Å². The smallest absolute Gasteiger partial charge is 0.309 e. The molecule has 0 saturated heterocycles. The van der Waals surface area contributed by atoms with Crippen molar-refractivity contribution in [2.75, 3.05) is 12.9 Å². The molecule has 18 heavy (non-hydrogen) atoms. The summed E-state index contributed by atoms with van der Waals surface area (Å²) in [6, 6.07) is 7.79. The van der Waals surface area contributed by atoms with Crippen LogP contribution in [0.15, 0.2) is 29.2 Å². The van der Waals surface area contributed by atoms with E-state index in [1.165, 1.54) is 4.90 Å². The van der Waals surface area contributed by atoms with Crippen molar-refractivity contribution in [3.05, 3.63) is 24.3 Å². The SMILES string of the molecule is CSc1ccc(OCCC(=O)OC(C)(C)C)cc1. The Labute approximate surface area is 113 Å². The van der Waals surface area contributed by atoms with E-state index in [1.54, 1.807) is 11.8 Å². The van der Waals surface area contributed by atoms with Crippen LogP contribution in [0.25, 0.3) is 0 Å². The molecule has 0 unspecified atom stereocenters. The Morgan fingerprint density at radius 2 is 1.83 bits per heavy atom. The molecule has 0 fully saturated rings. The van der Waals surface area contributed by atoms with Gasteiger partial charge in [0.2, 0.25) is 0 Å². The van der Waals surface area contributed by atoms with Crippen LogP contribution in [-0.2, 0) is 9.53 Å². The topological polar surface area (TPSA) is 35.5 Å². The number of ether oxygens (including phenoxy) is 2. The molecule has 0 aliphatic carbocycles. The fourth-order valence-electron chi connectivity index (χ4n) is 1.32. The van der Waals surface area contributed by atoms with Crippen molar-refractivity contribution in [1.82, 2.24) is 0 Å². The van der Waals surface area contributed by atoms with Gasteiger partial charge in [0.15, 0.2) is 0 Å². The van der Waals surface area contributed by atoms with Gasteiger partial charge in [-0.25, -0.2) is 0 Å². The minimum Gasteiger partial charge on any atom is -0.493 e. The van der Waals surface area contributed by atoms with Gasteiger partial charge in [-0.2, -0.15) is 0 Å². The molecule has 0 radical (unpaired) electrons. The fraction of sp³-hybridized carbons (Fsp3) is 0.500. The van der Waals surface area contributed by atoms with Gasteiger partial charge in [0, 0.05) is 4.90 Å². The Morgan fingerprint density at radius 3 is 2.33 bits per heavy atom. The maximum Gasteiger partial charge on any atom is 0.309 e. The molecule has 1 rings (SSSR count). The first-order chi connectivity index (χ1) is 8.40. The first-order valence-electron chi connectivity index (χ1n) is 5.89. The van der Waals surface area contributed by atoms with Crippen LogP contribution in [0, 0.1) is 0 Å². The molecule has 0 N–H and O–H groups in total. The number of hydrogen-bond donors (Lipinski definition) is 0. The van der Waals surface area contributed by atoms with Gasteiger partial charge in [-0.3, -0.25) is 4.79 Å². The van der Waals surface area contributed by atoms with Crippen LogP contribution in [0.1, 0.15) is 27.2 Å². The van der Waals surface area contributed by atoms with Gasteiger partial charge in [0.25, 0.3) is 0 Å². The third-order valence-electron chi connectivity index (χ3n) is 2.05. The molecular formula is C14H20O3S. The van der Waals surface area contributed by atoms with E-state index in [0.29, 0.717) is 6.61 Å². The van der Waals surface area contributed by atoms with E-state index in [-0.39, 0.29) is 12.4 Å². The van der Waals surface area contributed by atoms with Crippen molar-refractivity contribution in [2.45, 2.75) is 37.7 Å². The van der Waals surface area contributed by atoms with Gasteiger partial charge >= 0.3 is 5.97 Å². The van der Waals surface area contributed by atoms with E-state index in [1.807, 2.05) is 51.3 Å². The minimum absolute atomic E-state index is 0.233. The first-order valence-corrected chi connectivity index (χ1v) is 7.12. The molecule has 100 valence electrons. The lowest BCUT2D eigenvalue weighted by Crippen LogP contribution is -2.24. The maximum atomic E-state index is 11.4. The van der Waals surface area contributed by atoms with Gasteiger partial charge in [0.05, 0.1) is 13.0 Å². The molecule has 0 atom stereocenters. The second-order valence-corrected chi connectivity index (χ2v) is 5.74. The van der Waals surface area contributed by atoms with E-state index in [4.69, 9.17) is 9.47 Å². The largest absolute Gasteiger partial charge is 0.493 e. The number of carbonyl (C=O) groups is 1. The zero-order valence-corrected chi connectivity index (χ0v) is 12.2. The first kappa shape index (κ1) is 14.9. The molecule has 0 aromatic heterocycles. The van der Waals surface area contributed by atoms with Gasteiger partial charge in [-0.15, -0.1) is 11.8 Å². The average molecular weight is 268 g/mol. The lowest BCUT2D eigenvalue weighted by atomic mass is 10.2. The summed E-state index contributed by atoms with van der Waals surface area (Å²) in [6.45, 7) is 5.90. The Morgan fingerprint density at radius 1 is 1.22 bits per heavy atom. The van der Waals surface area contributed by atoms with Crippen LogP contribution >= 0.6 is 11.8 Å². The van der Waals surface area contributed by atoms with E-state index < -0.39 is 5.60 Å². The highest BCUT2D eigenvalue weighted by molar-refractivity contribution is 7.98. The Hall–Kier alpha value is -1.16. The molecule has 4 heteroatoms. The summed E-state index contributed by atoms with van der Waals surface area (Å²) in [4.78, 5) is 12.6. The molecular weight excluding hydrogens is 248 g/mol. The Kier molecular flexibility index (Phi) is 5.54. The molecule has 0 aliphatic heterocycles. The number of carbonyl (C=O) groups excluding carboxylic acids is 1. The predicted octanol–water partition coefficient (Wildman–Crippen LogP) is 3.52. The molecule has 0 saturated carbocycles. The highest BCUT2D eigenvalue weighted by Gasteiger charge is 2.15. The van der Waals surface area contributed by atoms with E-state index in [9.17, 15) is 4.79 Å². The van der Waals surface area contributed by atoms with Gasteiger partial charge < -0.3 is 9.47 Å². The molecule has 3 nitrogen and oxygen atoms in total. The number of thioether (sulfide) groups is 1. The van der Waals surface area contributed by atoms with Crippen LogP contribution in [0.3, 0.4) is 0 Å². The number of esters is 1. The van der Waals surface area contributed by atoms with Crippen molar-refractivity contribution in [3.63, 3.8) is 0 Å². The lowest BCUT2D eigenvalue weighted by molar-refractivity contribution is -0.155. The van der Waals surface area contributed by atoms with Crippen molar-refractivity contribution in [3.8, 4) is 5.75 Å². The summed E-state index contributed by atoms with van der Waals surface area (Å²) >= 11 is 1.68. The van der Waals surface area contributed by atoms with Crippen LogP contribution in [0.4, 0.5) is 0 Å². The summed E-state index contributed by atoms with van der Waals surface area (Å²) in [6.07, 6.45) is 2.29. The summed E-state index contributed by atoms with van der Waals surface area (Å²) in [5, 5.41) is 0. The van der Waals surface area contributed by atoms with Crippen LogP contribution in [-0.4, -0.2) is 24.4 Å². The molecule has 1 aromatic carbocycles. The van der Waals surface area contributed by atoms with Crippen molar-refractivity contribution >= 4 is 17.7 Å². The quantitative estimate of drug-likeness (QED) is 0.604. The van der Waals surface area contributed by atoms with Gasteiger partial charge in [-0.1, -0.05) is 0 Å². The number of rotatable bonds is 5. The standard InChI is InChI=1S/C14H20O3S/c1-14(2,3)17-13(15)9-10-16-11-5-7-12(18-4)8-6-11/h5-8H,9-10H2,1-4H3. The number of hydrogen-bond acceptors (Lipinski definition) is 4. The van der Waals surface area contributed by atoms with E-state index >= 15 is 0 Å². The lowest BCUT2D eigenvalue weighted by Gasteiger charge is -2.19. The molecule has 0 spiro atoms. The molecule has 0 aliphatic rings. The second-order valence-electron chi connectivity index (χ2n) is 4.86. The van der Waals surface area contributed by atoms with Crippen molar-refractivity contribution in [1.29, 1.82) is 0 Å². The predicted molar refractivity (Wildman–Crippen MR) is 74.2 cm³/mol. The van der Waals surface area contributed by atoms with Gasteiger partial charge in [-0.05, 0) is 51.3 Å². The Balaban J connectivity index is 2.30.